The van der Waals surface area contributed by atoms with Crippen molar-refractivity contribution in [1.82, 2.24) is 5.32 Å². The first kappa shape index (κ1) is 18.2. The van der Waals surface area contributed by atoms with E-state index in [0.717, 1.165) is 5.56 Å². The van der Waals surface area contributed by atoms with Crippen molar-refractivity contribution in [2.24, 2.45) is 0 Å². The van der Waals surface area contributed by atoms with Crippen LogP contribution in [-0.4, -0.2) is 11.0 Å². The van der Waals surface area contributed by atoms with Gasteiger partial charge in [-0.2, -0.15) is 0 Å². The summed E-state index contributed by atoms with van der Waals surface area (Å²) in [7, 11) is 0. The predicted octanol–water partition coefficient (Wildman–Crippen LogP) is 4.61. The number of amides is 1. The van der Waals surface area contributed by atoms with Crippen LogP contribution in [0.25, 0.3) is 0 Å². The Hall–Kier alpha value is -2.10. The molecule has 0 saturated heterocycles. The summed E-state index contributed by atoms with van der Waals surface area (Å²) in [6.45, 7) is 9.34. The summed E-state index contributed by atoms with van der Waals surface area (Å²) >= 11 is 6.22. The monoisotopic (exact) mass is 343 g/mol. The van der Waals surface area contributed by atoms with E-state index in [4.69, 9.17) is 11.6 Å². The molecule has 3 nitrogen and oxygen atoms in total. The quantitative estimate of drug-likeness (QED) is 0.778. The summed E-state index contributed by atoms with van der Waals surface area (Å²) in [6.07, 6.45) is -0.838. The molecule has 0 aromatic heterocycles. The molecule has 0 spiro atoms. The van der Waals surface area contributed by atoms with Gasteiger partial charge in [0.05, 0.1) is 5.54 Å². The molecule has 2 aromatic rings. The second kappa shape index (κ2) is 7.20. The summed E-state index contributed by atoms with van der Waals surface area (Å²) in [6, 6.07) is 14.6. The Labute approximate surface area is 148 Å². The predicted molar refractivity (Wildman–Crippen MR) is 98.2 cm³/mol. The summed E-state index contributed by atoms with van der Waals surface area (Å²) in [5, 5.41) is 13.4. The van der Waals surface area contributed by atoms with Crippen molar-refractivity contribution in [3.05, 3.63) is 82.4 Å². The van der Waals surface area contributed by atoms with Crippen molar-refractivity contribution in [3.8, 4) is 0 Å². The molecule has 1 amide bonds. The fraction of sp³-hybridized carbons (Fsp3) is 0.250. The highest BCUT2D eigenvalue weighted by Gasteiger charge is 2.24. The van der Waals surface area contributed by atoms with Crippen LogP contribution in [0.2, 0.25) is 5.02 Å². The van der Waals surface area contributed by atoms with Gasteiger partial charge in [-0.1, -0.05) is 54.6 Å². The molecule has 0 radical (unpaired) electrons. The van der Waals surface area contributed by atoms with Gasteiger partial charge in [0, 0.05) is 16.1 Å². The number of aliphatic hydroxyl groups is 1. The van der Waals surface area contributed by atoms with Gasteiger partial charge in [-0.05, 0) is 44.0 Å². The average molecular weight is 344 g/mol. The average Bonchev–Trinajstić information content (AvgIpc) is 2.54. The van der Waals surface area contributed by atoms with Gasteiger partial charge in [0.25, 0.3) is 5.91 Å². The zero-order valence-corrected chi connectivity index (χ0v) is 14.9. The first-order valence-electron chi connectivity index (χ1n) is 7.73. The van der Waals surface area contributed by atoms with Crippen molar-refractivity contribution >= 4 is 17.5 Å². The third-order valence-electron chi connectivity index (χ3n) is 3.95. The van der Waals surface area contributed by atoms with Crippen LogP contribution in [0.3, 0.4) is 0 Å². The summed E-state index contributed by atoms with van der Waals surface area (Å²) < 4.78 is 0. The highest BCUT2D eigenvalue weighted by molar-refractivity contribution is 6.31. The molecule has 0 aliphatic carbocycles. The first-order valence-corrected chi connectivity index (χ1v) is 8.11. The van der Waals surface area contributed by atoms with E-state index in [2.05, 4.69) is 11.9 Å². The minimum Gasteiger partial charge on any atom is -0.384 e. The Balaban J connectivity index is 2.22. The minimum absolute atomic E-state index is 0.220. The third-order valence-corrected chi connectivity index (χ3v) is 4.27. The normalized spacial score (nSPS) is 12.5. The third kappa shape index (κ3) is 4.05. The molecule has 0 aliphatic heterocycles. The second-order valence-electron chi connectivity index (χ2n) is 6.43. The summed E-state index contributed by atoms with van der Waals surface area (Å²) in [4.78, 5) is 12.6. The van der Waals surface area contributed by atoms with Gasteiger partial charge >= 0.3 is 0 Å². The molecule has 126 valence electrons. The van der Waals surface area contributed by atoms with Crippen molar-refractivity contribution in [1.29, 1.82) is 0 Å². The molecule has 0 saturated carbocycles. The van der Waals surface area contributed by atoms with Crippen LogP contribution in [-0.2, 0) is 5.54 Å². The minimum atomic E-state index is -0.838. The van der Waals surface area contributed by atoms with Gasteiger partial charge in [0.2, 0.25) is 0 Å². The Morgan fingerprint density at radius 1 is 1.21 bits per heavy atom. The van der Waals surface area contributed by atoms with Gasteiger partial charge in [-0.15, -0.1) is 0 Å². The van der Waals surface area contributed by atoms with E-state index in [1.165, 1.54) is 0 Å². The first-order chi connectivity index (χ1) is 11.2. The SMILES string of the molecule is C=C(C)C(O)c1ccc(C(=O)NC(C)(C)c2ccccc2)cc1Cl. The van der Waals surface area contributed by atoms with E-state index in [9.17, 15) is 9.90 Å². The van der Waals surface area contributed by atoms with Gasteiger partial charge in [0.15, 0.2) is 0 Å². The highest BCUT2D eigenvalue weighted by Crippen LogP contribution is 2.28. The number of hydrogen-bond donors (Lipinski definition) is 2. The topological polar surface area (TPSA) is 49.3 Å². The lowest BCUT2D eigenvalue weighted by molar-refractivity contribution is 0.0912. The van der Waals surface area contributed by atoms with Crippen LogP contribution in [0.15, 0.2) is 60.7 Å². The van der Waals surface area contributed by atoms with Crippen LogP contribution in [0, 0.1) is 0 Å². The smallest absolute Gasteiger partial charge is 0.252 e. The highest BCUT2D eigenvalue weighted by atomic mass is 35.5. The van der Waals surface area contributed by atoms with E-state index in [1.54, 1.807) is 25.1 Å². The molecule has 24 heavy (non-hydrogen) atoms. The molecule has 1 unspecified atom stereocenters. The number of nitrogens with one attached hydrogen (secondary N) is 1. The van der Waals surface area contributed by atoms with Crippen molar-refractivity contribution < 1.29 is 9.90 Å². The van der Waals surface area contributed by atoms with E-state index >= 15 is 0 Å². The second-order valence-corrected chi connectivity index (χ2v) is 6.84. The van der Waals surface area contributed by atoms with Crippen molar-refractivity contribution in [2.75, 3.05) is 0 Å². The van der Waals surface area contributed by atoms with Gasteiger partial charge in [-0.3, -0.25) is 4.79 Å². The van der Waals surface area contributed by atoms with Crippen LogP contribution in [0.1, 0.15) is 48.4 Å². The molecule has 0 bridgehead atoms. The van der Waals surface area contributed by atoms with E-state index in [1.807, 2.05) is 44.2 Å². The number of hydrogen-bond acceptors (Lipinski definition) is 2. The molecule has 0 fully saturated rings. The number of carbonyl (C=O) groups is 1. The van der Waals surface area contributed by atoms with Crippen LogP contribution in [0.4, 0.5) is 0 Å². The number of benzene rings is 2. The fourth-order valence-electron chi connectivity index (χ4n) is 2.44. The zero-order chi connectivity index (χ0) is 17.9. The maximum absolute atomic E-state index is 12.6. The number of carbonyl (C=O) groups excluding carboxylic acids is 1. The zero-order valence-electron chi connectivity index (χ0n) is 14.1. The largest absolute Gasteiger partial charge is 0.384 e. The maximum atomic E-state index is 12.6. The Kier molecular flexibility index (Phi) is 5.47. The van der Waals surface area contributed by atoms with Crippen molar-refractivity contribution in [3.63, 3.8) is 0 Å². The van der Waals surface area contributed by atoms with E-state index < -0.39 is 11.6 Å². The van der Waals surface area contributed by atoms with Crippen molar-refractivity contribution in [2.45, 2.75) is 32.4 Å². The number of halogens is 1. The Morgan fingerprint density at radius 2 is 1.83 bits per heavy atom. The number of rotatable bonds is 5. The molecule has 2 aromatic carbocycles. The van der Waals surface area contributed by atoms with Gasteiger partial charge in [-0.25, -0.2) is 0 Å². The molecular weight excluding hydrogens is 322 g/mol. The summed E-state index contributed by atoms with van der Waals surface area (Å²) in [5.74, 6) is -0.220. The maximum Gasteiger partial charge on any atom is 0.252 e. The van der Waals surface area contributed by atoms with E-state index in [-0.39, 0.29) is 5.91 Å². The summed E-state index contributed by atoms with van der Waals surface area (Å²) in [5.41, 5.74) is 2.09. The fourth-order valence-corrected chi connectivity index (χ4v) is 2.72. The van der Waals surface area contributed by atoms with Crippen LogP contribution in [0.5, 0.6) is 0 Å². The van der Waals surface area contributed by atoms with Gasteiger partial charge in [0.1, 0.15) is 6.10 Å². The number of aliphatic hydroxyl groups excluding tert-OH is 1. The molecule has 0 aliphatic rings. The van der Waals surface area contributed by atoms with Crippen LogP contribution < -0.4 is 5.32 Å². The van der Waals surface area contributed by atoms with Crippen LogP contribution >= 0.6 is 11.6 Å². The Morgan fingerprint density at radius 3 is 2.38 bits per heavy atom. The molecule has 2 N–H and O–H groups in total. The molecule has 1 atom stereocenters. The molecule has 2 rings (SSSR count). The Bertz CT molecular complexity index is 753. The lowest BCUT2D eigenvalue weighted by Crippen LogP contribution is -2.40. The lowest BCUT2D eigenvalue weighted by atomic mass is 9.93. The van der Waals surface area contributed by atoms with E-state index in [0.29, 0.717) is 21.7 Å². The molecule has 0 heterocycles. The standard InChI is InChI=1S/C20H22ClNO2/c1-13(2)18(23)16-11-10-14(12-17(16)21)19(24)22-20(3,4)15-8-6-5-7-9-15/h5-12,18,23H,1H2,2-4H3,(H,22,24). The molecule has 4 heteroatoms. The van der Waals surface area contributed by atoms with Gasteiger partial charge < -0.3 is 10.4 Å². The lowest BCUT2D eigenvalue weighted by Gasteiger charge is -2.27. The molecular formula is C20H22ClNO2.